The zero-order valence-corrected chi connectivity index (χ0v) is 14.3. The summed E-state index contributed by atoms with van der Waals surface area (Å²) in [5.41, 5.74) is 2.60. The topological polar surface area (TPSA) is 28.2 Å². The molecule has 1 atom stereocenters. The molecule has 1 fully saturated rings. The molecule has 0 aliphatic heterocycles. The van der Waals surface area contributed by atoms with Crippen molar-refractivity contribution in [2.75, 3.05) is 11.9 Å². The molecule has 0 amide bonds. The standard InChI is InChI=1S/C18H31N3/c1-6-7-17-10-15(12-19-16-8-9-16)11-18(20-17)21(5)14(4)13(2)3/h10-11,13-14,16,19H,6-9,12H2,1-5H3. The van der Waals surface area contributed by atoms with Crippen LogP contribution in [0.4, 0.5) is 5.82 Å². The molecular formula is C18H31N3. The number of aromatic nitrogens is 1. The van der Waals surface area contributed by atoms with Crippen molar-refractivity contribution in [2.45, 2.75) is 72.0 Å². The highest BCUT2D eigenvalue weighted by atomic mass is 15.2. The predicted molar refractivity (Wildman–Crippen MR) is 90.8 cm³/mol. The lowest BCUT2D eigenvalue weighted by atomic mass is 10.0. The van der Waals surface area contributed by atoms with Gasteiger partial charge in [-0.1, -0.05) is 27.2 Å². The first-order valence-corrected chi connectivity index (χ1v) is 8.47. The summed E-state index contributed by atoms with van der Waals surface area (Å²) in [6.07, 6.45) is 4.89. The molecule has 21 heavy (non-hydrogen) atoms. The van der Waals surface area contributed by atoms with Crippen LogP contribution in [0.1, 0.15) is 58.2 Å². The van der Waals surface area contributed by atoms with Crippen molar-refractivity contribution >= 4 is 5.82 Å². The van der Waals surface area contributed by atoms with E-state index < -0.39 is 0 Å². The Morgan fingerprint density at radius 1 is 1.29 bits per heavy atom. The highest BCUT2D eigenvalue weighted by Crippen LogP contribution is 2.22. The van der Waals surface area contributed by atoms with Gasteiger partial charge in [0.2, 0.25) is 0 Å². The molecule has 1 aromatic rings. The molecule has 118 valence electrons. The van der Waals surface area contributed by atoms with Crippen LogP contribution < -0.4 is 10.2 Å². The molecule has 3 heteroatoms. The van der Waals surface area contributed by atoms with Crippen molar-refractivity contribution in [3.8, 4) is 0 Å². The van der Waals surface area contributed by atoms with Crippen LogP contribution in [0.3, 0.4) is 0 Å². The molecule has 1 aliphatic rings. The van der Waals surface area contributed by atoms with Gasteiger partial charge in [0.1, 0.15) is 5.82 Å². The fraction of sp³-hybridized carbons (Fsp3) is 0.722. The van der Waals surface area contributed by atoms with E-state index in [1.54, 1.807) is 0 Å². The zero-order valence-electron chi connectivity index (χ0n) is 14.3. The van der Waals surface area contributed by atoms with E-state index in [0.29, 0.717) is 12.0 Å². The summed E-state index contributed by atoms with van der Waals surface area (Å²) >= 11 is 0. The number of rotatable bonds is 8. The summed E-state index contributed by atoms with van der Waals surface area (Å²) in [6, 6.07) is 5.78. The largest absolute Gasteiger partial charge is 0.357 e. The Labute approximate surface area is 130 Å². The molecule has 3 nitrogen and oxygen atoms in total. The second kappa shape index (κ2) is 7.26. The van der Waals surface area contributed by atoms with Crippen molar-refractivity contribution in [3.63, 3.8) is 0 Å². The summed E-state index contributed by atoms with van der Waals surface area (Å²) < 4.78 is 0. The minimum Gasteiger partial charge on any atom is -0.357 e. The smallest absolute Gasteiger partial charge is 0.129 e. The normalized spacial score (nSPS) is 16.3. The Morgan fingerprint density at radius 2 is 2.00 bits per heavy atom. The summed E-state index contributed by atoms with van der Waals surface area (Å²) in [6.45, 7) is 10.0. The Hall–Kier alpha value is -1.09. The fourth-order valence-electron chi connectivity index (χ4n) is 2.51. The van der Waals surface area contributed by atoms with E-state index in [9.17, 15) is 0 Å². The summed E-state index contributed by atoms with van der Waals surface area (Å²) in [5.74, 6) is 1.74. The van der Waals surface area contributed by atoms with Crippen LogP contribution in [0.25, 0.3) is 0 Å². The van der Waals surface area contributed by atoms with Crippen LogP contribution in [0.15, 0.2) is 12.1 Å². The van der Waals surface area contributed by atoms with Gasteiger partial charge in [-0.3, -0.25) is 0 Å². The average Bonchev–Trinajstić information content (AvgIpc) is 3.27. The van der Waals surface area contributed by atoms with E-state index in [0.717, 1.165) is 31.2 Å². The van der Waals surface area contributed by atoms with Crippen LogP contribution >= 0.6 is 0 Å². The van der Waals surface area contributed by atoms with Gasteiger partial charge in [-0.25, -0.2) is 4.98 Å². The zero-order chi connectivity index (χ0) is 15.4. The van der Waals surface area contributed by atoms with Crippen LogP contribution in [0, 0.1) is 5.92 Å². The number of aryl methyl sites for hydroxylation is 1. The molecule has 1 unspecified atom stereocenters. The van der Waals surface area contributed by atoms with Gasteiger partial charge >= 0.3 is 0 Å². The number of anilines is 1. The van der Waals surface area contributed by atoms with Gasteiger partial charge in [0.05, 0.1) is 0 Å². The van der Waals surface area contributed by atoms with Gasteiger partial charge in [-0.15, -0.1) is 0 Å². The quantitative estimate of drug-likeness (QED) is 0.789. The van der Waals surface area contributed by atoms with E-state index in [-0.39, 0.29) is 0 Å². The van der Waals surface area contributed by atoms with Crippen LogP contribution in [0.2, 0.25) is 0 Å². The fourth-order valence-corrected chi connectivity index (χ4v) is 2.51. The number of nitrogens with one attached hydrogen (secondary N) is 1. The maximum atomic E-state index is 4.87. The van der Waals surface area contributed by atoms with Gasteiger partial charge in [-0.05, 0) is 49.8 Å². The summed E-state index contributed by atoms with van der Waals surface area (Å²) in [5, 5.41) is 3.61. The van der Waals surface area contributed by atoms with Crippen LogP contribution in [-0.4, -0.2) is 24.1 Å². The average molecular weight is 289 g/mol. The Balaban J connectivity index is 2.16. The predicted octanol–water partition coefficient (Wildman–Crippen LogP) is 3.77. The maximum Gasteiger partial charge on any atom is 0.129 e. The molecule has 1 N–H and O–H groups in total. The maximum absolute atomic E-state index is 4.87. The monoisotopic (exact) mass is 289 g/mol. The highest BCUT2D eigenvalue weighted by molar-refractivity contribution is 5.43. The minimum atomic E-state index is 0.499. The Bertz CT molecular complexity index is 452. The molecule has 2 rings (SSSR count). The molecule has 1 aromatic heterocycles. The highest BCUT2D eigenvalue weighted by Gasteiger charge is 2.21. The van der Waals surface area contributed by atoms with E-state index in [1.165, 1.54) is 24.1 Å². The minimum absolute atomic E-state index is 0.499. The summed E-state index contributed by atoms with van der Waals surface area (Å²) in [4.78, 5) is 7.19. The summed E-state index contributed by atoms with van der Waals surface area (Å²) in [7, 11) is 2.17. The molecule has 0 bridgehead atoms. The van der Waals surface area contributed by atoms with Crippen LogP contribution in [0.5, 0.6) is 0 Å². The lowest BCUT2D eigenvalue weighted by Crippen LogP contribution is -2.34. The lowest BCUT2D eigenvalue weighted by Gasteiger charge is -2.29. The first-order chi connectivity index (χ1) is 10.0. The van der Waals surface area contributed by atoms with Crippen molar-refractivity contribution in [2.24, 2.45) is 5.92 Å². The van der Waals surface area contributed by atoms with Gasteiger partial charge in [0.25, 0.3) is 0 Å². The Morgan fingerprint density at radius 3 is 2.57 bits per heavy atom. The molecule has 0 saturated heterocycles. The van der Waals surface area contributed by atoms with Gasteiger partial charge in [0.15, 0.2) is 0 Å². The van der Waals surface area contributed by atoms with Gasteiger partial charge in [0, 0.05) is 31.4 Å². The van der Waals surface area contributed by atoms with Crippen LogP contribution in [-0.2, 0) is 13.0 Å². The third-order valence-corrected chi connectivity index (χ3v) is 4.54. The van der Waals surface area contributed by atoms with E-state index in [2.05, 4.69) is 57.1 Å². The molecule has 0 spiro atoms. The molecule has 1 heterocycles. The van der Waals surface area contributed by atoms with Crippen molar-refractivity contribution in [3.05, 3.63) is 23.4 Å². The van der Waals surface area contributed by atoms with E-state index in [1.807, 2.05) is 0 Å². The van der Waals surface area contributed by atoms with Crippen molar-refractivity contribution in [1.29, 1.82) is 0 Å². The van der Waals surface area contributed by atoms with Gasteiger partial charge < -0.3 is 10.2 Å². The van der Waals surface area contributed by atoms with Crippen molar-refractivity contribution in [1.82, 2.24) is 10.3 Å². The number of nitrogens with zero attached hydrogens (tertiary/aromatic N) is 2. The van der Waals surface area contributed by atoms with Gasteiger partial charge in [-0.2, -0.15) is 0 Å². The third kappa shape index (κ3) is 4.70. The molecule has 1 saturated carbocycles. The number of pyridine rings is 1. The van der Waals surface area contributed by atoms with E-state index >= 15 is 0 Å². The molecule has 0 radical (unpaired) electrons. The molecule has 1 aliphatic carbocycles. The first-order valence-electron chi connectivity index (χ1n) is 8.47. The third-order valence-electron chi connectivity index (χ3n) is 4.54. The second-order valence-electron chi connectivity index (χ2n) is 6.83. The lowest BCUT2D eigenvalue weighted by molar-refractivity contribution is 0.502. The SMILES string of the molecule is CCCc1cc(CNC2CC2)cc(N(C)C(C)C(C)C)n1. The number of hydrogen-bond acceptors (Lipinski definition) is 3. The Kier molecular flexibility index (Phi) is 5.63. The first kappa shape index (κ1) is 16.3. The van der Waals surface area contributed by atoms with Crippen molar-refractivity contribution < 1.29 is 0 Å². The second-order valence-corrected chi connectivity index (χ2v) is 6.83. The number of hydrogen-bond donors (Lipinski definition) is 1. The molecule has 0 aromatic carbocycles. The molecular weight excluding hydrogens is 258 g/mol. The van der Waals surface area contributed by atoms with E-state index in [4.69, 9.17) is 4.98 Å².